The number of aromatic nitrogens is 1. The summed E-state index contributed by atoms with van der Waals surface area (Å²) in [5, 5.41) is 10.8. The molecule has 0 saturated heterocycles. The second kappa shape index (κ2) is 5.66. The van der Waals surface area contributed by atoms with Crippen molar-refractivity contribution in [1.82, 2.24) is 4.98 Å². The van der Waals surface area contributed by atoms with Gasteiger partial charge in [-0.1, -0.05) is 15.9 Å². The van der Waals surface area contributed by atoms with Gasteiger partial charge in [-0.3, -0.25) is 10.1 Å². The van der Waals surface area contributed by atoms with Crippen LogP contribution in [0.3, 0.4) is 0 Å². The number of benzene rings is 1. The first kappa shape index (κ1) is 14.0. The zero-order chi connectivity index (χ0) is 14.0. The fourth-order valence-electron chi connectivity index (χ4n) is 1.41. The van der Waals surface area contributed by atoms with E-state index >= 15 is 0 Å². The van der Waals surface area contributed by atoms with Gasteiger partial charge in [0.05, 0.1) is 15.5 Å². The Balaban J connectivity index is 2.38. The normalized spacial score (nSPS) is 10.3. The van der Waals surface area contributed by atoms with Crippen molar-refractivity contribution in [3.05, 3.63) is 55.1 Å². The maximum atomic E-state index is 10.8. The molecule has 1 aromatic carbocycles. The Morgan fingerprint density at radius 2 is 2.05 bits per heavy atom. The van der Waals surface area contributed by atoms with Crippen LogP contribution in [0.4, 0.5) is 5.69 Å². The molecule has 0 fully saturated rings. The second-order valence-corrected chi connectivity index (χ2v) is 5.46. The van der Waals surface area contributed by atoms with E-state index < -0.39 is 4.92 Å². The first-order chi connectivity index (χ1) is 8.97. The topological polar surface area (TPSA) is 65.3 Å². The van der Waals surface area contributed by atoms with Crippen molar-refractivity contribution in [3.8, 4) is 11.6 Å². The van der Waals surface area contributed by atoms with Crippen LogP contribution in [0, 0.1) is 17.0 Å². The molecule has 0 N–H and O–H groups in total. The Kier molecular flexibility index (Phi) is 4.16. The number of nitro groups is 1. The van der Waals surface area contributed by atoms with Crippen molar-refractivity contribution in [2.45, 2.75) is 6.92 Å². The third-order valence-corrected chi connectivity index (χ3v) is 3.75. The third-order valence-electron chi connectivity index (χ3n) is 2.33. The summed E-state index contributed by atoms with van der Waals surface area (Å²) < 4.78 is 6.86. The highest BCUT2D eigenvalue weighted by atomic mass is 79.9. The molecule has 0 spiro atoms. The summed E-state index contributed by atoms with van der Waals surface area (Å²) in [4.78, 5) is 14.4. The third kappa shape index (κ3) is 3.30. The predicted octanol–water partition coefficient (Wildman–Crippen LogP) is 4.62. The minimum Gasteiger partial charge on any atom is -0.438 e. The lowest BCUT2D eigenvalue weighted by molar-refractivity contribution is -0.385. The van der Waals surface area contributed by atoms with Crippen LogP contribution in [-0.2, 0) is 0 Å². The monoisotopic (exact) mass is 386 g/mol. The van der Waals surface area contributed by atoms with Gasteiger partial charge in [0.2, 0.25) is 5.88 Å². The van der Waals surface area contributed by atoms with Crippen LogP contribution < -0.4 is 4.74 Å². The van der Waals surface area contributed by atoms with Gasteiger partial charge in [-0.25, -0.2) is 4.98 Å². The maximum absolute atomic E-state index is 10.8. The first-order valence-corrected chi connectivity index (χ1v) is 6.80. The Labute approximate surface area is 126 Å². The van der Waals surface area contributed by atoms with Crippen LogP contribution in [0.25, 0.3) is 0 Å². The van der Waals surface area contributed by atoms with Gasteiger partial charge in [-0.15, -0.1) is 0 Å². The van der Waals surface area contributed by atoms with Crippen LogP contribution in [0.5, 0.6) is 11.6 Å². The lowest BCUT2D eigenvalue weighted by Crippen LogP contribution is -1.93. The Morgan fingerprint density at radius 1 is 1.32 bits per heavy atom. The van der Waals surface area contributed by atoms with Gasteiger partial charge in [-0.05, 0) is 40.5 Å². The minimum atomic E-state index is -0.476. The highest BCUT2D eigenvalue weighted by Crippen LogP contribution is 2.33. The molecule has 5 nitrogen and oxygen atoms in total. The molecule has 1 aromatic heterocycles. The van der Waals surface area contributed by atoms with Gasteiger partial charge in [0.25, 0.3) is 5.69 Å². The zero-order valence-corrected chi connectivity index (χ0v) is 12.9. The zero-order valence-electron chi connectivity index (χ0n) is 9.76. The number of hydrogen-bond acceptors (Lipinski definition) is 4. The molecule has 0 radical (unpaired) electrons. The van der Waals surface area contributed by atoms with E-state index in [1.54, 1.807) is 12.3 Å². The highest BCUT2D eigenvalue weighted by molar-refractivity contribution is 9.10. The largest absolute Gasteiger partial charge is 0.438 e. The molecule has 0 aliphatic heterocycles. The van der Waals surface area contributed by atoms with Crippen molar-refractivity contribution in [2.75, 3.05) is 0 Å². The molecule has 0 unspecified atom stereocenters. The van der Waals surface area contributed by atoms with E-state index in [-0.39, 0.29) is 5.69 Å². The molecule has 0 bridgehead atoms. The summed E-state index contributed by atoms with van der Waals surface area (Å²) in [6.07, 6.45) is 1.61. The van der Waals surface area contributed by atoms with Crippen LogP contribution >= 0.6 is 31.9 Å². The number of non-ortho nitro benzene ring substituents is 1. The maximum Gasteiger partial charge on any atom is 0.274 e. The number of nitro benzene ring substituents is 1. The molecular weight excluding hydrogens is 380 g/mol. The number of rotatable bonds is 3. The number of aryl methyl sites for hydroxylation is 1. The van der Waals surface area contributed by atoms with Crippen molar-refractivity contribution in [1.29, 1.82) is 0 Å². The summed E-state index contributed by atoms with van der Waals surface area (Å²) in [6.45, 7) is 1.90. The van der Waals surface area contributed by atoms with Gasteiger partial charge in [0.15, 0.2) is 0 Å². The number of ether oxygens (including phenoxy) is 1. The van der Waals surface area contributed by atoms with Gasteiger partial charge < -0.3 is 4.74 Å². The Bertz CT molecular complexity index is 647. The second-order valence-electron chi connectivity index (χ2n) is 3.75. The quantitative estimate of drug-likeness (QED) is 0.569. The molecular formula is C12H8Br2N2O3. The summed E-state index contributed by atoms with van der Waals surface area (Å²) >= 11 is 6.58. The number of nitrogens with zero attached hydrogens (tertiary/aromatic N) is 2. The average molecular weight is 388 g/mol. The van der Waals surface area contributed by atoms with Crippen molar-refractivity contribution >= 4 is 37.5 Å². The molecule has 7 heteroatoms. The van der Waals surface area contributed by atoms with Crippen LogP contribution in [0.1, 0.15) is 5.56 Å². The van der Waals surface area contributed by atoms with Gasteiger partial charge in [0.1, 0.15) is 5.75 Å². The molecule has 0 aliphatic carbocycles. The van der Waals surface area contributed by atoms with E-state index in [2.05, 4.69) is 36.8 Å². The fraction of sp³-hybridized carbons (Fsp3) is 0.0833. The van der Waals surface area contributed by atoms with Gasteiger partial charge >= 0.3 is 0 Å². The Hall–Kier alpha value is -1.47. The number of hydrogen-bond donors (Lipinski definition) is 0. The lowest BCUT2D eigenvalue weighted by Gasteiger charge is -2.08. The molecule has 2 aromatic rings. The van der Waals surface area contributed by atoms with Crippen molar-refractivity contribution in [3.63, 3.8) is 0 Å². The summed E-state index contributed by atoms with van der Waals surface area (Å²) in [6, 6.07) is 6.23. The molecule has 19 heavy (non-hydrogen) atoms. The minimum absolute atomic E-state index is 0.0480. The first-order valence-electron chi connectivity index (χ1n) is 5.21. The molecule has 0 saturated carbocycles. The molecule has 0 atom stereocenters. The van der Waals surface area contributed by atoms with E-state index in [9.17, 15) is 10.1 Å². The van der Waals surface area contributed by atoms with E-state index in [4.69, 9.17) is 4.74 Å². The lowest BCUT2D eigenvalue weighted by atomic mass is 10.3. The van der Waals surface area contributed by atoms with Crippen LogP contribution in [0.2, 0.25) is 0 Å². The van der Waals surface area contributed by atoms with Crippen molar-refractivity contribution in [2.24, 2.45) is 0 Å². The van der Waals surface area contributed by atoms with E-state index in [0.29, 0.717) is 16.1 Å². The molecule has 0 aliphatic rings. The summed E-state index contributed by atoms with van der Waals surface area (Å²) in [7, 11) is 0. The van der Waals surface area contributed by atoms with E-state index in [0.717, 1.165) is 10.0 Å². The summed E-state index contributed by atoms with van der Waals surface area (Å²) in [5.41, 5.74) is 0.919. The Morgan fingerprint density at radius 3 is 2.74 bits per heavy atom. The van der Waals surface area contributed by atoms with Gasteiger partial charge in [-0.2, -0.15) is 0 Å². The van der Waals surface area contributed by atoms with E-state index in [1.165, 1.54) is 12.1 Å². The molecule has 1 heterocycles. The van der Waals surface area contributed by atoms with Crippen LogP contribution in [0.15, 0.2) is 39.4 Å². The molecule has 98 valence electrons. The van der Waals surface area contributed by atoms with Crippen molar-refractivity contribution < 1.29 is 9.66 Å². The standard InChI is InChI=1S/C12H8Br2N2O3/c1-7-2-3-15-12(11(7)14)19-10-5-8(13)4-9(6-10)16(17)18/h2-6H,1H3. The number of halogens is 2. The molecule has 2 rings (SSSR count). The predicted molar refractivity (Wildman–Crippen MR) is 77.5 cm³/mol. The SMILES string of the molecule is Cc1ccnc(Oc2cc(Br)cc([N+](=O)[O-])c2)c1Br. The van der Waals surface area contributed by atoms with Gasteiger partial charge in [0, 0.05) is 16.7 Å². The highest BCUT2D eigenvalue weighted by Gasteiger charge is 2.12. The number of pyridine rings is 1. The van der Waals surface area contributed by atoms with E-state index in [1.807, 2.05) is 13.0 Å². The fourth-order valence-corrected chi connectivity index (χ4v) is 2.19. The van der Waals surface area contributed by atoms with Crippen LogP contribution in [-0.4, -0.2) is 9.91 Å². The smallest absolute Gasteiger partial charge is 0.274 e. The molecule has 0 amide bonds. The average Bonchev–Trinajstić information content (AvgIpc) is 2.34. The summed E-state index contributed by atoms with van der Waals surface area (Å²) in [5.74, 6) is 0.715.